The van der Waals surface area contributed by atoms with Crippen molar-refractivity contribution in [1.29, 1.82) is 0 Å². The first kappa shape index (κ1) is 12.5. The van der Waals surface area contributed by atoms with E-state index in [1.54, 1.807) is 12.1 Å². The largest absolute Gasteiger partial charge is 0.378 e. The van der Waals surface area contributed by atoms with Crippen molar-refractivity contribution < 1.29 is 9.13 Å². The molecular formula is C14H20FNO. The number of benzene rings is 1. The van der Waals surface area contributed by atoms with Gasteiger partial charge in [0.25, 0.3) is 0 Å². The first-order valence-corrected chi connectivity index (χ1v) is 6.34. The zero-order valence-corrected chi connectivity index (χ0v) is 10.1. The van der Waals surface area contributed by atoms with Crippen LogP contribution in [0.4, 0.5) is 4.39 Å². The van der Waals surface area contributed by atoms with Gasteiger partial charge < -0.3 is 10.5 Å². The molecule has 0 aromatic heterocycles. The lowest BCUT2D eigenvalue weighted by Crippen LogP contribution is -2.22. The molecular weight excluding hydrogens is 217 g/mol. The van der Waals surface area contributed by atoms with E-state index >= 15 is 0 Å². The Bertz CT molecular complexity index is 350. The fourth-order valence-electron chi connectivity index (χ4n) is 2.46. The van der Waals surface area contributed by atoms with E-state index in [4.69, 9.17) is 10.5 Å². The summed E-state index contributed by atoms with van der Waals surface area (Å²) in [6.07, 6.45) is 4.49. The first-order valence-electron chi connectivity index (χ1n) is 6.34. The van der Waals surface area contributed by atoms with Crippen LogP contribution in [0.3, 0.4) is 0 Å². The van der Waals surface area contributed by atoms with E-state index in [0.29, 0.717) is 18.6 Å². The molecule has 0 aliphatic carbocycles. The second-order valence-electron chi connectivity index (χ2n) is 4.81. The molecule has 2 atom stereocenters. The predicted octanol–water partition coefficient (Wildman–Crippen LogP) is 2.51. The summed E-state index contributed by atoms with van der Waals surface area (Å²) < 4.78 is 18.7. The highest BCUT2D eigenvalue weighted by atomic mass is 19.1. The molecule has 0 amide bonds. The van der Waals surface area contributed by atoms with Gasteiger partial charge in [-0.3, -0.25) is 0 Å². The van der Waals surface area contributed by atoms with E-state index in [1.165, 1.54) is 6.07 Å². The van der Waals surface area contributed by atoms with Gasteiger partial charge in [-0.25, -0.2) is 4.39 Å². The van der Waals surface area contributed by atoms with E-state index in [1.807, 2.05) is 6.07 Å². The first-order chi connectivity index (χ1) is 8.28. The van der Waals surface area contributed by atoms with Gasteiger partial charge in [0, 0.05) is 6.61 Å². The smallest absolute Gasteiger partial charge is 0.123 e. The fourth-order valence-corrected chi connectivity index (χ4v) is 2.46. The van der Waals surface area contributed by atoms with E-state index in [9.17, 15) is 4.39 Å². The molecule has 94 valence electrons. The fraction of sp³-hybridized carbons (Fsp3) is 0.571. The van der Waals surface area contributed by atoms with Crippen LogP contribution in [-0.2, 0) is 11.2 Å². The van der Waals surface area contributed by atoms with Gasteiger partial charge >= 0.3 is 0 Å². The van der Waals surface area contributed by atoms with Crippen molar-refractivity contribution in [3.8, 4) is 0 Å². The molecule has 17 heavy (non-hydrogen) atoms. The summed E-state index contributed by atoms with van der Waals surface area (Å²) in [5.74, 6) is 0.218. The Kier molecular flexibility index (Phi) is 4.51. The molecule has 1 aromatic carbocycles. The van der Waals surface area contributed by atoms with Gasteiger partial charge in [0.05, 0.1) is 6.10 Å². The molecule has 1 aliphatic heterocycles. The number of halogens is 1. The lowest BCUT2D eigenvalue weighted by molar-refractivity contribution is 0.0905. The molecule has 1 aromatic rings. The van der Waals surface area contributed by atoms with Gasteiger partial charge in [-0.15, -0.1) is 0 Å². The van der Waals surface area contributed by atoms with Crippen molar-refractivity contribution in [2.24, 2.45) is 11.7 Å². The maximum Gasteiger partial charge on any atom is 0.123 e. The zero-order chi connectivity index (χ0) is 12.1. The third kappa shape index (κ3) is 3.79. The summed E-state index contributed by atoms with van der Waals surface area (Å²) in [6.45, 7) is 1.51. The normalized spacial score (nSPS) is 21.6. The number of nitrogens with two attached hydrogens (primary N) is 1. The lowest BCUT2D eigenvalue weighted by atomic mass is 9.93. The second-order valence-corrected chi connectivity index (χ2v) is 4.81. The average molecular weight is 237 g/mol. The van der Waals surface area contributed by atoms with E-state index in [0.717, 1.165) is 37.9 Å². The maximum absolute atomic E-state index is 13.1. The molecule has 1 heterocycles. The topological polar surface area (TPSA) is 35.2 Å². The number of rotatable bonds is 5. The molecule has 1 saturated heterocycles. The van der Waals surface area contributed by atoms with Gasteiger partial charge in [-0.05, 0) is 55.8 Å². The summed E-state index contributed by atoms with van der Waals surface area (Å²) in [4.78, 5) is 0. The average Bonchev–Trinajstić information content (AvgIpc) is 2.81. The van der Waals surface area contributed by atoms with Gasteiger partial charge in [0.1, 0.15) is 5.82 Å². The number of ether oxygens (including phenoxy) is 1. The van der Waals surface area contributed by atoms with Crippen molar-refractivity contribution in [1.82, 2.24) is 0 Å². The van der Waals surface area contributed by atoms with E-state index in [-0.39, 0.29) is 5.82 Å². The van der Waals surface area contributed by atoms with Crippen molar-refractivity contribution in [2.45, 2.75) is 31.8 Å². The second kappa shape index (κ2) is 6.12. The Hall–Kier alpha value is -0.930. The molecule has 0 saturated carbocycles. The molecule has 3 heteroatoms. The number of hydrogen-bond acceptors (Lipinski definition) is 2. The molecule has 0 bridgehead atoms. The molecule has 1 aliphatic rings. The van der Waals surface area contributed by atoms with Crippen LogP contribution in [0.15, 0.2) is 24.3 Å². The van der Waals surface area contributed by atoms with Crippen LogP contribution < -0.4 is 5.73 Å². The Morgan fingerprint density at radius 2 is 2.35 bits per heavy atom. The molecule has 0 spiro atoms. The molecule has 2 N–H and O–H groups in total. The van der Waals surface area contributed by atoms with Crippen LogP contribution >= 0.6 is 0 Å². The minimum absolute atomic E-state index is 0.171. The molecule has 0 radical (unpaired) electrons. The van der Waals surface area contributed by atoms with Gasteiger partial charge in [0.15, 0.2) is 0 Å². The van der Waals surface area contributed by atoms with Crippen LogP contribution in [-0.4, -0.2) is 19.3 Å². The van der Waals surface area contributed by atoms with Gasteiger partial charge in [-0.2, -0.15) is 0 Å². The van der Waals surface area contributed by atoms with Crippen molar-refractivity contribution in [3.05, 3.63) is 35.6 Å². The Morgan fingerprint density at radius 1 is 1.47 bits per heavy atom. The Balaban J connectivity index is 1.90. The molecule has 2 nitrogen and oxygen atoms in total. The van der Waals surface area contributed by atoms with Crippen molar-refractivity contribution >= 4 is 0 Å². The van der Waals surface area contributed by atoms with Crippen molar-refractivity contribution in [3.63, 3.8) is 0 Å². The molecule has 2 rings (SSSR count). The quantitative estimate of drug-likeness (QED) is 0.854. The minimum Gasteiger partial charge on any atom is -0.378 e. The monoisotopic (exact) mass is 237 g/mol. The summed E-state index contributed by atoms with van der Waals surface area (Å²) in [6, 6.07) is 6.78. The zero-order valence-electron chi connectivity index (χ0n) is 10.1. The van der Waals surface area contributed by atoms with Crippen LogP contribution in [0.1, 0.15) is 24.8 Å². The summed E-state index contributed by atoms with van der Waals surface area (Å²) >= 11 is 0. The van der Waals surface area contributed by atoms with Gasteiger partial charge in [-0.1, -0.05) is 12.1 Å². The highest BCUT2D eigenvalue weighted by Crippen LogP contribution is 2.22. The Morgan fingerprint density at radius 3 is 3.00 bits per heavy atom. The van der Waals surface area contributed by atoms with Crippen LogP contribution in [0.2, 0.25) is 0 Å². The minimum atomic E-state index is -0.171. The standard InChI is InChI=1S/C14H20FNO/c15-13-4-1-3-11(8-13)7-12(10-16)9-14-5-2-6-17-14/h1,3-4,8,12,14H,2,5-7,9-10,16H2. The highest BCUT2D eigenvalue weighted by Gasteiger charge is 2.20. The highest BCUT2D eigenvalue weighted by molar-refractivity contribution is 5.16. The Labute approximate surface area is 102 Å². The lowest BCUT2D eigenvalue weighted by Gasteiger charge is -2.18. The third-order valence-corrected chi connectivity index (χ3v) is 3.37. The van der Waals surface area contributed by atoms with Gasteiger partial charge in [0.2, 0.25) is 0 Å². The molecule has 2 unspecified atom stereocenters. The summed E-state index contributed by atoms with van der Waals surface area (Å²) in [5.41, 5.74) is 6.81. The number of hydrogen-bond donors (Lipinski definition) is 1. The predicted molar refractivity (Wildman–Crippen MR) is 66.2 cm³/mol. The maximum atomic E-state index is 13.1. The SMILES string of the molecule is NCC(Cc1cccc(F)c1)CC1CCCO1. The third-order valence-electron chi connectivity index (χ3n) is 3.37. The van der Waals surface area contributed by atoms with E-state index < -0.39 is 0 Å². The van der Waals surface area contributed by atoms with Crippen LogP contribution in [0.25, 0.3) is 0 Å². The molecule has 1 fully saturated rings. The summed E-state index contributed by atoms with van der Waals surface area (Å²) in [5, 5.41) is 0. The van der Waals surface area contributed by atoms with Crippen LogP contribution in [0, 0.1) is 11.7 Å². The van der Waals surface area contributed by atoms with Crippen molar-refractivity contribution in [2.75, 3.05) is 13.2 Å². The van der Waals surface area contributed by atoms with Crippen LogP contribution in [0.5, 0.6) is 0 Å². The summed E-state index contributed by atoms with van der Waals surface area (Å²) in [7, 11) is 0. The van der Waals surface area contributed by atoms with E-state index in [2.05, 4.69) is 0 Å².